The van der Waals surface area contributed by atoms with Crippen molar-refractivity contribution in [2.75, 3.05) is 11.9 Å². The summed E-state index contributed by atoms with van der Waals surface area (Å²) < 4.78 is 93.0. The number of rotatable bonds is 7. The molecule has 0 aliphatic rings. The van der Waals surface area contributed by atoms with Crippen molar-refractivity contribution in [2.45, 2.75) is 18.9 Å². The summed E-state index contributed by atoms with van der Waals surface area (Å²) in [6.07, 6.45) is -8.14. The molecule has 0 radical (unpaired) electrons. The number of aromatic nitrogens is 3. The Labute approximate surface area is 191 Å². The van der Waals surface area contributed by atoms with E-state index >= 15 is 0 Å². The first kappa shape index (κ1) is 25.1. The van der Waals surface area contributed by atoms with Gasteiger partial charge < -0.3 is 10.1 Å². The van der Waals surface area contributed by atoms with E-state index in [1.165, 1.54) is 24.4 Å². The highest BCUT2D eigenvalue weighted by Gasteiger charge is 2.34. The minimum Gasteiger partial charge on any atom is -0.468 e. The smallest absolute Gasteiger partial charge is 0.422 e. The summed E-state index contributed by atoms with van der Waals surface area (Å²) in [7, 11) is 0. The summed E-state index contributed by atoms with van der Waals surface area (Å²) in [6, 6.07) is 6.17. The minimum absolute atomic E-state index is 0.0264. The number of ether oxygens (including phenoxy) is 1. The van der Waals surface area contributed by atoms with Crippen molar-refractivity contribution in [3.8, 4) is 5.88 Å². The molecule has 7 nitrogen and oxygen atoms in total. The van der Waals surface area contributed by atoms with Crippen LogP contribution in [0.3, 0.4) is 0 Å². The van der Waals surface area contributed by atoms with Gasteiger partial charge in [0.1, 0.15) is 16.8 Å². The molecule has 0 unspecified atom stereocenters. The zero-order valence-corrected chi connectivity index (χ0v) is 17.4. The molecular formula is C19H12ClF7N6O. The van der Waals surface area contributed by atoms with Gasteiger partial charge in [0.15, 0.2) is 6.61 Å². The lowest BCUT2D eigenvalue weighted by atomic mass is 10.2. The number of azo groups is 1. The molecule has 0 fully saturated rings. The van der Waals surface area contributed by atoms with Crippen LogP contribution in [0, 0.1) is 5.82 Å². The molecule has 0 saturated carbocycles. The minimum atomic E-state index is -4.89. The average molecular weight is 509 g/mol. The average Bonchev–Trinajstić information content (AvgIpc) is 2.73. The Balaban J connectivity index is 1.66. The van der Waals surface area contributed by atoms with E-state index in [1.54, 1.807) is 0 Å². The number of nitrogens with zero attached hydrogens (tertiary/aromatic N) is 5. The lowest BCUT2D eigenvalue weighted by Gasteiger charge is -2.11. The maximum absolute atomic E-state index is 13.4. The summed E-state index contributed by atoms with van der Waals surface area (Å²) in [5.41, 5.74) is -1.08. The first-order chi connectivity index (χ1) is 15.9. The van der Waals surface area contributed by atoms with Crippen molar-refractivity contribution < 1.29 is 35.5 Å². The van der Waals surface area contributed by atoms with Crippen LogP contribution in [0.25, 0.3) is 0 Å². The molecule has 2 heterocycles. The van der Waals surface area contributed by atoms with Crippen molar-refractivity contribution in [3.63, 3.8) is 0 Å². The van der Waals surface area contributed by atoms with E-state index in [2.05, 4.69) is 35.2 Å². The Kier molecular flexibility index (Phi) is 7.49. The molecule has 3 aromatic rings. The van der Waals surface area contributed by atoms with Crippen LogP contribution < -0.4 is 10.1 Å². The van der Waals surface area contributed by atoms with Gasteiger partial charge in [-0.2, -0.15) is 41.4 Å². The van der Waals surface area contributed by atoms with Gasteiger partial charge in [-0.15, -0.1) is 5.11 Å². The zero-order valence-electron chi connectivity index (χ0n) is 16.6. The monoisotopic (exact) mass is 508 g/mol. The normalized spacial score (nSPS) is 12.2. The third-order valence-corrected chi connectivity index (χ3v) is 4.02. The van der Waals surface area contributed by atoms with Gasteiger partial charge in [-0.25, -0.2) is 9.37 Å². The van der Waals surface area contributed by atoms with Crippen LogP contribution in [0.2, 0.25) is 5.15 Å². The molecule has 3 rings (SSSR count). The third kappa shape index (κ3) is 7.50. The van der Waals surface area contributed by atoms with E-state index in [1.807, 2.05) is 0 Å². The summed E-state index contributed by atoms with van der Waals surface area (Å²) >= 11 is 5.88. The number of nitrogens with one attached hydrogen (secondary N) is 1. The van der Waals surface area contributed by atoms with E-state index in [0.717, 1.165) is 6.07 Å². The SMILES string of the molecule is Fc1ccc(Nc2cc(Cl)nc(N=NCc3ccc(OCC(F)(F)F)nc3)n2)cc1C(F)(F)F. The van der Waals surface area contributed by atoms with E-state index in [9.17, 15) is 30.7 Å². The lowest BCUT2D eigenvalue weighted by Crippen LogP contribution is -2.19. The van der Waals surface area contributed by atoms with Crippen LogP contribution >= 0.6 is 11.6 Å². The lowest BCUT2D eigenvalue weighted by molar-refractivity contribution is -0.154. The molecule has 0 bridgehead atoms. The van der Waals surface area contributed by atoms with Gasteiger partial charge in [-0.3, -0.25) is 0 Å². The van der Waals surface area contributed by atoms with E-state index < -0.39 is 30.3 Å². The summed E-state index contributed by atoms with van der Waals surface area (Å²) in [5, 5.41) is 10.0. The molecular weight excluding hydrogens is 497 g/mol. The van der Waals surface area contributed by atoms with Crippen LogP contribution in [0.4, 0.5) is 48.2 Å². The number of pyridine rings is 1. The quantitative estimate of drug-likeness (QED) is 0.219. The highest BCUT2D eigenvalue weighted by molar-refractivity contribution is 6.29. The molecule has 0 aliphatic heterocycles. The molecule has 180 valence electrons. The highest BCUT2D eigenvalue weighted by atomic mass is 35.5. The molecule has 34 heavy (non-hydrogen) atoms. The van der Waals surface area contributed by atoms with Crippen molar-refractivity contribution >= 4 is 29.1 Å². The predicted molar refractivity (Wildman–Crippen MR) is 106 cm³/mol. The van der Waals surface area contributed by atoms with Gasteiger partial charge in [-0.1, -0.05) is 17.7 Å². The molecule has 0 atom stereocenters. The second kappa shape index (κ2) is 10.2. The van der Waals surface area contributed by atoms with Crippen LogP contribution in [0.1, 0.15) is 11.1 Å². The van der Waals surface area contributed by atoms with Crippen LogP contribution in [-0.4, -0.2) is 27.7 Å². The fraction of sp³-hybridized carbons (Fsp3) is 0.211. The van der Waals surface area contributed by atoms with Crippen LogP contribution in [0.5, 0.6) is 5.88 Å². The molecule has 1 N–H and O–H groups in total. The Morgan fingerprint density at radius 3 is 2.41 bits per heavy atom. The van der Waals surface area contributed by atoms with Gasteiger partial charge in [0.2, 0.25) is 5.88 Å². The zero-order chi connectivity index (χ0) is 24.9. The molecule has 0 saturated heterocycles. The molecule has 1 aromatic carbocycles. The Morgan fingerprint density at radius 2 is 1.76 bits per heavy atom. The van der Waals surface area contributed by atoms with Gasteiger partial charge in [0.25, 0.3) is 5.95 Å². The molecule has 15 heteroatoms. The number of alkyl halides is 6. The van der Waals surface area contributed by atoms with E-state index in [4.69, 9.17) is 11.6 Å². The first-order valence-electron chi connectivity index (χ1n) is 9.09. The van der Waals surface area contributed by atoms with Crippen LogP contribution in [-0.2, 0) is 12.7 Å². The van der Waals surface area contributed by atoms with E-state index in [0.29, 0.717) is 17.7 Å². The van der Waals surface area contributed by atoms with Crippen molar-refractivity contribution in [1.82, 2.24) is 15.0 Å². The summed E-state index contributed by atoms with van der Waals surface area (Å²) in [6.45, 7) is -1.52. The highest BCUT2D eigenvalue weighted by Crippen LogP contribution is 2.33. The molecule has 0 aliphatic carbocycles. The number of hydrogen-bond donors (Lipinski definition) is 1. The third-order valence-electron chi connectivity index (χ3n) is 3.82. The second-order valence-corrected chi connectivity index (χ2v) is 6.89. The Hall–Kier alpha value is -3.55. The summed E-state index contributed by atoms with van der Waals surface area (Å²) in [5.74, 6) is -1.91. The molecule has 0 amide bonds. The predicted octanol–water partition coefficient (Wildman–Crippen LogP) is 6.65. The van der Waals surface area contributed by atoms with Crippen molar-refractivity contribution in [3.05, 3.63) is 64.7 Å². The van der Waals surface area contributed by atoms with Gasteiger partial charge in [0.05, 0.1) is 12.1 Å². The summed E-state index contributed by atoms with van der Waals surface area (Å²) in [4.78, 5) is 11.5. The Morgan fingerprint density at radius 1 is 1.00 bits per heavy atom. The van der Waals surface area contributed by atoms with E-state index in [-0.39, 0.29) is 35.0 Å². The van der Waals surface area contributed by atoms with Gasteiger partial charge in [-0.05, 0) is 23.8 Å². The number of halogens is 8. The number of hydrogen-bond acceptors (Lipinski definition) is 7. The van der Waals surface area contributed by atoms with Crippen LogP contribution in [0.15, 0.2) is 52.8 Å². The van der Waals surface area contributed by atoms with Crippen molar-refractivity contribution in [2.24, 2.45) is 10.2 Å². The fourth-order valence-corrected chi connectivity index (χ4v) is 2.59. The van der Waals surface area contributed by atoms with Gasteiger partial charge >= 0.3 is 12.4 Å². The second-order valence-electron chi connectivity index (χ2n) is 6.50. The number of benzene rings is 1. The largest absolute Gasteiger partial charge is 0.468 e. The Bertz CT molecular complexity index is 1170. The van der Waals surface area contributed by atoms with Gasteiger partial charge in [0, 0.05) is 24.0 Å². The number of anilines is 2. The topological polar surface area (TPSA) is 84.7 Å². The maximum Gasteiger partial charge on any atom is 0.422 e. The fourth-order valence-electron chi connectivity index (χ4n) is 2.41. The molecule has 2 aromatic heterocycles. The maximum atomic E-state index is 13.4. The van der Waals surface area contributed by atoms with Crippen molar-refractivity contribution in [1.29, 1.82) is 0 Å². The first-order valence-corrected chi connectivity index (χ1v) is 9.47. The standard InChI is InChI=1S/C19H12ClF7N6O/c20-14-6-15(30-11-2-3-13(21)12(5-11)19(25,26)27)32-17(31-14)33-29-8-10-1-4-16(28-7-10)34-9-18(22,23)24/h1-7H,8-9H2,(H,30,31,32). The molecule has 0 spiro atoms.